The van der Waals surface area contributed by atoms with Crippen molar-refractivity contribution in [1.82, 2.24) is 9.97 Å². The van der Waals surface area contributed by atoms with Crippen molar-refractivity contribution in [2.75, 3.05) is 29.1 Å². The Balaban J connectivity index is 1.58. The van der Waals surface area contributed by atoms with Gasteiger partial charge in [0.05, 0.1) is 11.4 Å². The topological polar surface area (TPSA) is 58.1 Å². The summed E-state index contributed by atoms with van der Waals surface area (Å²) in [5.74, 6) is 2.54. The summed E-state index contributed by atoms with van der Waals surface area (Å²) in [5, 5.41) is 3.76. The number of rotatable bonds is 5. The predicted molar refractivity (Wildman–Crippen MR) is 115 cm³/mol. The Hall–Kier alpha value is -1.60. The van der Waals surface area contributed by atoms with Crippen LogP contribution in [0, 0.1) is 18.8 Å². The number of hydrogen-bond acceptors (Lipinski definition) is 5. The molecule has 1 aliphatic rings. The van der Waals surface area contributed by atoms with Gasteiger partial charge in [0.2, 0.25) is 5.91 Å². The minimum Gasteiger partial charge on any atom is -0.356 e. The van der Waals surface area contributed by atoms with Crippen LogP contribution in [-0.4, -0.2) is 34.7 Å². The second-order valence-electron chi connectivity index (χ2n) is 7.39. The minimum atomic E-state index is -0.0510. The molecule has 0 bridgehead atoms. The quantitative estimate of drug-likeness (QED) is 0.527. The number of nitrogens with one attached hydrogen (secondary N) is 1. The van der Waals surface area contributed by atoms with Crippen molar-refractivity contribution in [3.8, 4) is 0 Å². The second-order valence-corrected chi connectivity index (χ2v) is 9.24. The monoisotopic (exact) mass is 448 g/mol. The van der Waals surface area contributed by atoms with E-state index in [9.17, 15) is 4.79 Å². The zero-order valence-electron chi connectivity index (χ0n) is 15.9. The van der Waals surface area contributed by atoms with Gasteiger partial charge < -0.3 is 10.2 Å². The van der Waals surface area contributed by atoms with Crippen LogP contribution in [0.1, 0.15) is 25.8 Å². The van der Waals surface area contributed by atoms with Crippen LogP contribution in [0.25, 0.3) is 0 Å². The average molecular weight is 449 g/mol. The first-order chi connectivity index (χ1) is 12.9. The van der Waals surface area contributed by atoms with Crippen LogP contribution in [0.3, 0.4) is 0 Å². The molecule has 2 unspecified atom stereocenters. The van der Waals surface area contributed by atoms with E-state index < -0.39 is 0 Å². The van der Waals surface area contributed by atoms with Crippen LogP contribution in [0.5, 0.6) is 0 Å². The summed E-state index contributed by atoms with van der Waals surface area (Å²) in [6.45, 7) is 8.63. The summed E-state index contributed by atoms with van der Waals surface area (Å²) in [6.07, 6.45) is 2.86. The lowest BCUT2D eigenvalue weighted by Crippen LogP contribution is -2.39. The minimum absolute atomic E-state index is 0.0510. The van der Waals surface area contributed by atoms with Gasteiger partial charge in [-0.2, -0.15) is 0 Å². The van der Waals surface area contributed by atoms with E-state index in [-0.39, 0.29) is 5.91 Å². The van der Waals surface area contributed by atoms with Gasteiger partial charge in [0, 0.05) is 23.6 Å². The Labute approximate surface area is 173 Å². The maximum Gasteiger partial charge on any atom is 0.234 e. The number of aromatic nitrogens is 2. The number of amides is 1. The number of carbonyl (C=O) groups is 1. The number of nitrogens with zero attached hydrogens (tertiary/aromatic N) is 3. The molecule has 1 aromatic carbocycles. The van der Waals surface area contributed by atoms with Gasteiger partial charge in [0.1, 0.15) is 17.2 Å². The summed E-state index contributed by atoms with van der Waals surface area (Å²) in [5.41, 5.74) is 1.93. The van der Waals surface area contributed by atoms with Crippen LogP contribution in [-0.2, 0) is 4.79 Å². The van der Waals surface area contributed by atoms with Crippen molar-refractivity contribution in [1.29, 1.82) is 0 Å². The van der Waals surface area contributed by atoms with Crippen molar-refractivity contribution in [2.45, 2.75) is 32.2 Å². The molecule has 1 fully saturated rings. The van der Waals surface area contributed by atoms with Crippen LogP contribution in [0.15, 0.2) is 40.1 Å². The Morgan fingerprint density at radius 1 is 1.26 bits per heavy atom. The van der Waals surface area contributed by atoms with Crippen LogP contribution < -0.4 is 10.2 Å². The third-order valence-electron chi connectivity index (χ3n) is 4.57. The normalized spacial score (nSPS) is 19.8. The van der Waals surface area contributed by atoms with E-state index in [1.165, 1.54) is 18.2 Å². The molecule has 1 aromatic heterocycles. The zero-order chi connectivity index (χ0) is 19.4. The number of hydrogen-bond donors (Lipinski definition) is 1. The van der Waals surface area contributed by atoms with Gasteiger partial charge in [-0.05, 0) is 58.8 Å². The number of benzene rings is 1. The smallest absolute Gasteiger partial charge is 0.234 e. The highest BCUT2D eigenvalue weighted by atomic mass is 79.9. The fourth-order valence-corrected chi connectivity index (χ4v) is 4.73. The Morgan fingerprint density at radius 3 is 2.70 bits per heavy atom. The highest BCUT2D eigenvalue weighted by molar-refractivity contribution is 9.10. The maximum absolute atomic E-state index is 12.3. The molecule has 0 spiro atoms. The van der Waals surface area contributed by atoms with Gasteiger partial charge in [0.15, 0.2) is 0 Å². The molecular formula is C20H25BrN4OS. The molecule has 0 radical (unpaired) electrons. The molecule has 2 heterocycles. The summed E-state index contributed by atoms with van der Waals surface area (Å²) < 4.78 is 0.888. The molecule has 2 atom stereocenters. The number of anilines is 2. The second kappa shape index (κ2) is 9.06. The molecule has 0 saturated carbocycles. The SMILES string of the molecule is Cc1ccc(NC(=O)CSc2cc(N3CC(C)CC(C)C3)ncn2)c(Br)c1. The predicted octanol–water partition coefficient (Wildman–Crippen LogP) is 4.76. The maximum atomic E-state index is 12.3. The number of piperidine rings is 1. The van der Waals surface area contributed by atoms with Crippen molar-refractivity contribution < 1.29 is 4.79 Å². The molecular weight excluding hydrogens is 424 g/mol. The highest BCUT2D eigenvalue weighted by Gasteiger charge is 2.23. The molecule has 1 amide bonds. The molecule has 2 aromatic rings. The van der Waals surface area contributed by atoms with Gasteiger partial charge in [-0.3, -0.25) is 4.79 Å². The van der Waals surface area contributed by atoms with Crippen LogP contribution >= 0.6 is 27.7 Å². The Kier molecular flexibility index (Phi) is 6.76. The lowest BCUT2D eigenvalue weighted by Gasteiger charge is -2.35. The third kappa shape index (κ3) is 5.69. The molecule has 27 heavy (non-hydrogen) atoms. The van der Waals surface area contributed by atoms with Crippen LogP contribution in [0.2, 0.25) is 0 Å². The Bertz CT molecular complexity index is 806. The highest BCUT2D eigenvalue weighted by Crippen LogP contribution is 2.27. The molecule has 1 N–H and O–H groups in total. The third-order valence-corrected chi connectivity index (χ3v) is 6.15. The molecule has 0 aliphatic carbocycles. The van der Waals surface area contributed by atoms with Gasteiger partial charge >= 0.3 is 0 Å². The van der Waals surface area contributed by atoms with Gasteiger partial charge in [-0.1, -0.05) is 31.7 Å². The number of aryl methyl sites for hydroxylation is 1. The number of thioether (sulfide) groups is 1. The Morgan fingerprint density at radius 2 is 2.00 bits per heavy atom. The molecule has 5 nitrogen and oxygen atoms in total. The standard InChI is InChI=1S/C20H25BrN4OS/c1-13-4-5-17(16(21)7-13)24-19(26)11-27-20-8-18(22-12-23-20)25-9-14(2)6-15(3)10-25/h4-5,7-8,12,14-15H,6,9-11H2,1-3H3,(H,24,26). The van der Waals surface area contributed by atoms with E-state index in [1.807, 2.05) is 31.2 Å². The van der Waals surface area contributed by atoms with Crippen molar-refractivity contribution in [2.24, 2.45) is 11.8 Å². The first-order valence-corrected chi connectivity index (χ1v) is 10.9. The summed E-state index contributed by atoms with van der Waals surface area (Å²) in [7, 11) is 0. The fourth-order valence-electron chi connectivity index (χ4n) is 3.48. The summed E-state index contributed by atoms with van der Waals surface area (Å²) >= 11 is 4.92. The molecule has 7 heteroatoms. The van der Waals surface area contributed by atoms with E-state index in [1.54, 1.807) is 6.33 Å². The summed E-state index contributed by atoms with van der Waals surface area (Å²) in [6, 6.07) is 7.86. The summed E-state index contributed by atoms with van der Waals surface area (Å²) in [4.78, 5) is 23.4. The van der Waals surface area contributed by atoms with Crippen molar-refractivity contribution in [3.05, 3.63) is 40.6 Å². The number of carbonyl (C=O) groups excluding carboxylic acids is 1. The van der Waals surface area contributed by atoms with Gasteiger partial charge in [0.25, 0.3) is 0 Å². The van der Waals surface area contributed by atoms with E-state index in [0.29, 0.717) is 17.6 Å². The largest absolute Gasteiger partial charge is 0.356 e. The first kappa shape index (κ1) is 20.1. The van der Waals surface area contributed by atoms with Crippen molar-refractivity contribution in [3.63, 3.8) is 0 Å². The van der Waals surface area contributed by atoms with Gasteiger partial charge in [-0.25, -0.2) is 9.97 Å². The van der Waals surface area contributed by atoms with Gasteiger partial charge in [-0.15, -0.1) is 0 Å². The zero-order valence-corrected chi connectivity index (χ0v) is 18.3. The van der Waals surface area contributed by atoms with E-state index in [0.717, 1.165) is 39.7 Å². The van der Waals surface area contributed by atoms with E-state index >= 15 is 0 Å². The average Bonchev–Trinajstić information content (AvgIpc) is 2.62. The van der Waals surface area contributed by atoms with Crippen LogP contribution in [0.4, 0.5) is 11.5 Å². The fraction of sp³-hybridized carbons (Fsp3) is 0.450. The van der Waals surface area contributed by atoms with Crippen molar-refractivity contribution >= 4 is 45.1 Å². The lowest BCUT2D eigenvalue weighted by atomic mass is 9.92. The first-order valence-electron chi connectivity index (χ1n) is 9.16. The molecule has 1 saturated heterocycles. The number of halogens is 1. The van der Waals surface area contributed by atoms with E-state index in [2.05, 4.69) is 50.0 Å². The molecule has 3 rings (SSSR count). The van der Waals surface area contributed by atoms with E-state index in [4.69, 9.17) is 0 Å². The molecule has 1 aliphatic heterocycles. The lowest BCUT2D eigenvalue weighted by molar-refractivity contribution is -0.113. The molecule has 144 valence electrons.